The number of carbonyl (C=O) groups is 1. The van der Waals surface area contributed by atoms with Crippen LogP contribution < -0.4 is 15.4 Å². The van der Waals surface area contributed by atoms with Crippen LogP contribution in [-0.4, -0.2) is 28.0 Å². The molecular formula is C19H25N3O3S. The fraction of sp³-hybridized carbons (Fsp3) is 0.316. The highest BCUT2D eigenvalue weighted by Crippen LogP contribution is 2.13. The van der Waals surface area contributed by atoms with Crippen LogP contribution in [0.1, 0.15) is 29.5 Å². The summed E-state index contributed by atoms with van der Waals surface area (Å²) in [4.78, 5) is 11.9. The van der Waals surface area contributed by atoms with E-state index >= 15 is 0 Å². The first kappa shape index (κ1) is 19.9. The van der Waals surface area contributed by atoms with Crippen LogP contribution in [-0.2, 0) is 22.3 Å². The van der Waals surface area contributed by atoms with Gasteiger partial charge in [-0.25, -0.2) is 17.9 Å². The molecule has 0 aliphatic rings. The van der Waals surface area contributed by atoms with E-state index in [-0.39, 0.29) is 17.7 Å². The van der Waals surface area contributed by atoms with Gasteiger partial charge in [-0.2, -0.15) is 0 Å². The topological polar surface area (TPSA) is 87.3 Å². The number of nitrogens with one attached hydrogen (secondary N) is 3. The van der Waals surface area contributed by atoms with Crippen molar-refractivity contribution in [3.63, 3.8) is 0 Å². The van der Waals surface area contributed by atoms with E-state index < -0.39 is 10.0 Å². The molecule has 0 saturated heterocycles. The molecule has 0 heterocycles. The fourth-order valence-electron chi connectivity index (χ4n) is 2.43. The molecule has 2 rings (SSSR count). The Bertz CT molecular complexity index is 806. The minimum Gasteiger partial charge on any atom is -0.338 e. The Morgan fingerprint density at radius 1 is 0.962 bits per heavy atom. The summed E-state index contributed by atoms with van der Waals surface area (Å²) in [6.07, 6.45) is 0. The van der Waals surface area contributed by atoms with E-state index in [1.165, 1.54) is 12.6 Å². The van der Waals surface area contributed by atoms with Gasteiger partial charge < -0.3 is 10.6 Å². The monoisotopic (exact) mass is 375 g/mol. The largest absolute Gasteiger partial charge is 0.338 e. The van der Waals surface area contributed by atoms with Gasteiger partial charge in [-0.05, 0) is 29.7 Å². The average molecular weight is 375 g/mol. The standard InChI is InChI=1S/C19H25N3O3S/c1-15(18-6-4-3-5-7-18)12-21-19(23)22-13-16-8-10-17(11-9-16)14-26(24,25)20-2/h3-11,15,20H,12-14H2,1-2H3,(H2,21,22,23). The van der Waals surface area contributed by atoms with Gasteiger partial charge in [0.15, 0.2) is 0 Å². The van der Waals surface area contributed by atoms with Gasteiger partial charge in [-0.1, -0.05) is 61.5 Å². The number of benzene rings is 2. The van der Waals surface area contributed by atoms with Crippen molar-refractivity contribution in [1.82, 2.24) is 15.4 Å². The maximum absolute atomic E-state index is 11.9. The number of rotatable bonds is 8. The Labute approximate surface area is 155 Å². The summed E-state index contributed by atoms with van der Waals surface area (Å²) in [6, 6.07) is 16.9. The lowest BCUT2D eigenvalue weighted by Gasteiger charge is -2.14. The van der Waals surface area contributed by atoms with Crippen molar-refractivity contribution in [3.05, 3.63) is 71.3 Å². The van der Waals surface area contributed by atoms with Crippen LogP contribution in [0.5, 0.6) is 0 Å². The van der Waals surface area contributed by atoms with Crippen LogP contribution in [0.2, 0.25) is 0 Å². The van der Waals surface area contributed by atoms with Crippen molar-refractivity contribution in [1.29, 1.82) is 0 Å². The van der Waals surface area contributed by atoms with E-state index in [9.17, 15) is 13.2 Å². The molecule has 3 N–H and O–H groups in total. The van der Waals surface area contributed by atoms with Crippen molar-refractivity contribution in [2.45, 2.75) is 25.1 Å². The predicted molar refractivity (Wildman–Crippen MR) is 103 cm³/mol. The maximum atomic E-state index is 11.9. The van der Waals surface area contributed by atoms with Gasteiger partial charge in [0.25, 0.3) is 0 Å². The fourth-order valence-corrected chi connectivity index (χ4v) is 3.21. The third kappa shape index (κ3) is 6.50. The van der Waals surface area contributed by atoms with Crippen LogP contribution in [0.25, 0.3) is 0 Å². The second kappa shape index (κ2) is 9.35. The van der Waals surface area contributed by atoms with Gasteiger partial charge in [0, 0.05) is 13.1 Å². The number of amides is 2. The maximum Gasteiger partial charge on any atom is 0.315 e. The molecular weight excluding hydrogens is 350 g/mol. The van der Waals surface area contributed by atoms with E-state index in [2.05, 4.69) is 22.3 Å². The van der Waals surface area contributed by atoms with Crippen LogP contribution in [0, 0.1) is 0 Å². The van der Waals surface area contributed by atoms with Gasteiger partial charge in [0.1, 0.15) is 0 Å². The summed E-state index contributed by atoms with van der Waals surface area (Å²) in [7, 11) is -1.89. The Morgan fingerprint density at radius 3 is 2.19 bits per heavy atom. The molecule has 0 saturated carbocycles. The van der Waals surface area contributed by atoms with E-state index in [4.69, 9.17) is 0 Å². The Morgan fingerprint density at radius 2 is 1.58 bits per heavy atom. The van der Waals surface area contributed by atoms with Gasteiger partial charge in [-0.3, -0.25) is 0 Å². The van der Waals surface area contributed by atoms with E-state index in [1.807, 2.05) is 42.5 Å². The number of hydrogen-bond acceptors (Lipinski definition) is 3. The van der Waals surface area contributed by atoms with Crippen LogP contribution in [0.15, 0.2) is 54.6 Å². The minimum absolute atomic E-state index is 0.0604. The zero-order chi connectivity index (χ0) is 19.0. The first-order valence-corrected chi connectivity index (χ1v) is 10.1. The molecule has 0 aromatic heterocycles. The molecule has 26 heavy (non-hydrogen) atoms. The van der Waals surface area contributed by atoms with Crippen LogP contribution >= 0.6 is 0 Å². The number of carbonyl (C=O) groups excluding carboxylic acids is 1. The second-order valence-corrected chi connectivity index (χ2v) is 8.08. The SMILES string of the molecule is CNS(=O)(=O)Cc1ccc(CNC(=O)NCC(C)c2ccccc2)cc1. The summed E-state index contributed by atoms with van der Waals surface area (Å²) in [5, 5.41) is 5.67. The first-order valence-electron chi connectivity index (χ1n) is 8.45. The summed E-state index contributed by atoms with van der Waals surface area (Å²) < 4.78 is 25.3. The van der Waals surface area contributed by atoms with Crippen molar-refractivity contribution in [2.24, 2.45) is 0 Å². The lowest BCUT2D eigenvalue weighted by atomic mass is 10.0. The van der Waals surface area contributed by atoms with Crippen molar-refractivity contribution < 1.29 is 13.2 Å². The number of urea groups is 1. The van der Waals surface area contributed by atoms with Gasteiger partial charge >= 0.3 is 6.03 Å². The lowest BCUT2D eigenvalue weighted by molar-refractivity contribution is 0.240. The molecule has 2 amide bonds. The molecule has 1 unspecified atom stereocenters. The van der Waals surface area contributed by atoms with Crippen LogP contribution in [0.4, 0.5) is 4.79 Å². The smallest absolute Gasteiger partial charge is 0.315 e. The van der Waals surface area contributed by atoms with Crippen molar-refractivity contribution >= 4 is 16.1 Å². The summed E-state index contributed by atoms with van der Waals surface area (Å²) in [5.74, 6) is 0.171. The molecule has 0 radical (unpaired) electrons. The van der Waals surface area contributed by atoms with Gasteiger partial charge in [0.05, 0.1) is 5.75 Å². The molecule has 2 aromatic rings. The highest BCUT2D eigenvalue weighted by molar-refractivity contribution is 7.88. The molecule has 1 atom stereocenters. The van der Waals surface area contributed by atoms with E-state index in [1.54, 1.807) is 12.1 Å². The molecule has 140 valence electrons. The highest BCUT2D eigenvalue weighted by Gasteiger charge is 2.09. The number of sulfonamides is 1. The van der Waals surface area contributed by atoms with E-state index in [0.717, 1.165) is 5.56 Å². The molecule has 0 fully saturated rings. The molecule has 0 bridgehead atoms. The zero-order valence-corrected chi connectivity index (χ0v) is 15.8. The second-order valence-electron chi connectivity index (χ2n) is 6.16. The molecule has 0 aliphatic heterocycles. The first-order chi connectivity index (χ1) is 12.4. The normalized spacial score (nSPS) is 12.4. The average Bonchev–Trinajstić information content (AvgIpc) is 2.66. The lowest BCUT2D eigenvalue weighted by Crippen LogP contribution is -2.37. The third-order valence-corrected chi connectivity index (χ3v) is 5.42. The summed E-state index contributed by atoms with van der Waals surface area (Å²) >= 11 is 0. The minimum atomic E-state index is -3.28. The van der Waals surface area contributed by atoms with Crippen molar-refractivity contribution in [2.75, 3.05) is 13.6 Å². The zero-order valence-electron chi connectivity index (χ0n) is 15.0. The van der Waals surface area contributed by atoms with E-state index in [0.29, 0.717) is 18.7 Å². The highest BCUT2D eigenvalue weighted by atomic mass is 32.2. The predicted octanol–water partition coefficient (Wildman–Crippen LogP) is 2.34. The number of hydrogen-bond donors (Lipinski definition) is 3. The molecule has 0 spiro atoms. The van der Waals surface area contributed by atoms with Crippen molar-refractivity contribution in [3.8, 4) is 0 Å². The molecule has 2 aromatic carbocycles. The third-order valence-electron chi connectivity index (χ3n) is 4.08. The molecule has 7 heteroatoms. The molecule has 0 aliphatic carbocycles. The summed E-state index contributed by atoms with van der Waals surface area (Å²) in [6.45, 7) is 2.99. The molecule has 6 nitrogen and oxygen atoms in total. The quantitative estimate of drug-likeness (QED) is 0.662. The Balaban J connectivity index is 1.77. The Hall–Kier alpha value is -2.38. The van der Waals surface area contributed by atoms with Crippen LogP contribution in [0.3, 0.4) is 0 Å². The summed E-state index contributed by atoms with van der Waals surface area (Å²) in [5.41, 5.74) is 2.78. The van der Waals surface area contributed by atoms with Gasteiger partial charge in [-0.15, -0.1) is 0 Å². The Kier molecular flexibility index (Phi) is 7.17. The van der Waals surface area contributed by atoms with Gasteiger partial charge in [0.2, 0.25) is 10.0 Å².